The van der Waals surface area contributed by atoms with Gasteiger partial charge < -0.3 is 14.7 Å². The van der Waals surface area contributed by atoms with E-state index < -0.39 is 35.4 Å². The van der Waals surface area contributed by atoms with Crippen LogP contribution in [0.15, 0.2) is 35.1 Å². The number of methoxy groups -OCH3 is 1. The summed E-state index contributed by atoms with van der Waals surface area (Å²) in [7, 11) is 1.40. The standard InChI is InChI=1S/C17H18FN3O5/c1-11-9-14(22)16(17(25)20(7-8-26-2)10-15(23)24)19-21(11)13-6-4-3-5-12(13)18/h3-6,9H,7-8,10H2,1-2H3,(H,23,24). The highest BCUT2D eigenvalue weighted by atomic mass is 19.1. The molecular formula is C17H18FN3O5. The first kappa shape index (κ1) is 19.3. The van der Waals surface area contributed by atoms with Crippen LogP contribution in [0.1, 0.15) is 16.2 Å². The van der Waals surface area contributed by atoms with Gasteiger partial charge in [0, 0.05) is 25.4 Å². The molecule has 0 saturated carbocycles. The highest BCUT2D eigenvalue weighted by molar-refractivity contribution is 5.94. The van der Waals surface area contributed by atoms with E-state index in [9.17, 15) is 18.8 Å². The number of aromatic nitrogens is 2. The maximum Gasteiger partial charge on any atom is 0.323 e. The van der Waals surface area contributed by atoms with Crippen molar-refractivity contribution >= 4 is 11.9 Å². The number of aliphatic carboxylic acids is 1. The van der Waals surface area contributed by atoms with E-state index in [0.29, 0.717) is 5.69 Å². The smallest absolute Gasteiger partial charge is 0.323 e. The molecule has 1 aromatic heterocycles. The first-order chi connectivity index (χ1) is 12.3. The number of carboxylic acids is 1. The van der Waals surface area contributed by atoms with Gasteiger partial charge in [-0.1, -0.05) is 12.1 Å². The molecule has 0 aliphatic carbocycles. The van der Waals surface area contributed by atoms with Crippen LogP contribution in [-0.4, -0.2) is 58.5 Å². The Morgan fingerprint density at radius 3 is 2.65 bits per heavy atom. The van der Waals surface area contributed by atoms with E-state index in [4.69, 9.17) is 9.84 Å². The number of halogens is 1. The summed E-state index contributed by atoms with van der Waals surface area (Å²) in [5.74, 6) is -2.68. The second kappa shape index (κ2) is 8.34. The molecule has 0 radical (unpaired) electrons. The van der Waals surface area contributed by atoms with Crippen LogP contribution in [0.5, 0.6) is 0 Å². The van der Waals surface area contributed by atoms with Crippen LogP contribution in [0.3, 0.4) is 0 Å². The second-order valence-corrected chi connectivity index (χ2v) is 5.48. The quantitative estimate of drug-likeness (QED) is 0.783. The van der Waals surface area contributed by atoms with Crippen molar-refractivity contribution in [3.05, 3.63) is 57.8 Å². The van der Waals surface area contributed by atoms with Crippen LogP contribution in [0.4, 0.5) is 4.39 Å². The van der Waals surface area contributed by atoms with Gasteiger partial charge in [0.2, 0.25) is 5.43 Å². The van der Waals surface area contributed by atoms with Crippen LogP contribution >= 0.6 is 0 Å². The van der Waals surface area contributed by atoms with Crippen molar-refractivity contribution in [1.82, 2.24) is 14.7 Å². The highest BCUT2D eigenvalue weighted by Crippen LogP contribution is 2.13. The monoisotopic (exact) mass is 363 g/mol. The Balaban J connectivity index is 2.49. The van der Waals surface area contributed by atoms with Gasteiger partial charge in [0.05, 0.1) is 6.61 Å². The molecule has 0 aliphatic rings. The van der Waals surface area contributed by atoms with Gasteiger partial charge in [-0.3, -0.25) is 14.4 Å². The lowest BCUT2D eigenvalue weighted by molar-refractivity contribution is -0.137. The van der Waals surface area contributed by atoms with E-state index in [0.717, 1.165) is 15.6 Å². The minimum atomic E-state index is -1.24. The van der Waals surface area contributed by atoms with Crippen molar-refractivity contribution in [3.8, 4) is 5.69 Å². The van der Waals surface area contributed by atoms with E-state index in [1.807, 2.05) is 0 Å². The van der Waals surface area contributed by atoms with Gasteiger partial charge in [-0.2, -0.15) is 5.10 Å². The number of ether oxygens (including phenoxy) is 1. The highest BCUT2D eigenvalue weighted by Gasteiger charge is 2.24. The van der Waals surface area contributed by atoms with Crippen LogP contribution in [-0.2, 0) is 9.53 Å². The molecule has 2 aromatic rings. The minimum absolute atomic E-state index is 0.0314. The van der Waals surface area contributed by atoms with Gasteiger partial charge in [0.1, 0.15) is 18.0 Å². The molecule has 2 rings (SSSR count). The van der Waals surface area contributed by atoms with Gasteiger partial charge in [0.25, 0.3) is 5.91 Å². The Hall–Kier alpha value is -3.07. The van der Waals surface area contributed by atoms with Crippen molar-refractivity contribution in [2.24, 2.45) is 0 Å². The van der Waals surface area contributed by atoms with Gasteiger partial charge in [-0.25, -0.2) is 9.07 Å². The molecule has 0 spiro atoms. The zero-order chi connectivity index (χ0) is 19.3. The summed E-state index contributed by atoms with van der Waals surface area (Å²) >= 11 is 0. The molecule has 1 aromatic carbocycles. The van der Waals surface area contributed by atoms with Gasteiger partial charge in [0.15, 0.2) is 5.69 Å². The number of amides is 1. The third-order valence-corrected chi connectivity index (χ3v) is 3.57. The molecule has 138 valence electrons. The summed E-state index contributed by atoms with van der Waals surface area (Å²) in [6, 6.07) is 6.93. The van der Waals surface area contributed by atoms with Crippen LogP contribution in [0.25, 0.3) is 5.69 Å². The van der Waals surface area contributed by atoms with Gasteiger partial charge in [-0.15, -0.1) is 0 Å². The van der Waals surface area contributed by atoms with E-state index >= 15 is 0 Å². The number of carbonyl (C=O) groups is 2. The summed E-state index contributed by atoms with van der Waals surface area (Å²) in [6.45, 7) is 0.995. The molecule has 26 heavy (non-hydrogen) atoms. The van der Waals surface area contributed by atoms with Crippen molar-refractivity contribution in [1.29, 1.82) is 0 Å². The number of para-hydroxylation sites is 1. The zero-order valence-electron chi connectivity index (χ0n) is 14.3. The maximum atomic E-state index is 14.1. The van der Waals surface area contributed by atoms with Gasteiger partial charge in [-0.05, 0) is 19.1 Å². The molecule has 0 bridgehead atoms. The molecule has 0 aliphatic heterocycles. The fourth-order valence-corrected chi connectivity index (χ4v) is 2.33. The number of carbonyl (C=O) groups excluding carboxylic acids is 1. The summed E-state index contributed by atoms with van der Waals surface area (Å²) in [4.78, 5) is 36.8. The molecule has 0 fully saturated rings. The third-order valence-electron chi connectivity index (χ3n) is 3.57. The predicted octanol–water partition coefficient (Wildman–Crippen LogP) is 0.853. The van der Waals surface area contributed by atoms with Gasteiger partial charge >= 0.3 is 5.97 Å². The van der Waals surface area contributed by atoms with Crippen molar-refractivity contribution in [3.63, 3.8) is 0 Å². The SMILES string of the molecule is COCCN(CC(=O)O)C(=O)c1nn(-c2ccccc2F)c(C)cc1=O. The van der Waals surface area contributed by atoms with Crippen LogP contribution < -0.4 is 5.43 Å². The zero-order valence-corrected chi connectivity index (χ0v) is 14.3. The molecule has 1 N–H and O–H groups in total. The Morgan fingerprint density at radius 2 is 2.04 bits per heavy atom. The molecule has 1 heterocycles. The molecule has 0 saturated heterocycles. The number of carboxylic acid groups (broad SMARTS) is 1. The summed E-state index contributed by atoms with van der Waals surface area (Å²) in [6.07, 6.45) is 0. The number of benzene rings is 1. The molecule has 0 unspecified atom stereocenters. The largest absolute Gasteiger partial charge is 0.480 e. The summed E-state index contributed by atoms with van der Waals surface area (Å²) in [5, 5.41) is 13.0. The lowest BCUT2D eigenvalue weighted by Crippen LogP contribution is -2.41. The minimum Gasteiger partial charge on any atom is -0.480 e. The number of hydrogen-bond acceptors (Lipinski definition) is 5. The van der Waals surface area contributed by atoms with E-state index in [2.05, 4.69) is 5.10 Å². The number of rotatable bonds is 7. The van der Waals surface area contributed by atoms with Crippen LogP contribution in [0, 0.1) is 12.7 Å². The Morgan fingerprint density at radius 1 is 1.35 bits per heavy atom. The lowest BCUT2D eigenvalue weighted by Gasteiger charge is -2.20. The van der Waals surface area contributed by atoms with Crippen molar-refractivity contribution in [2.75, 3.05) is 26.8 Å². The Labute approximate surface area is 148 Å². The summed E-state index contributed by atoms with van der Waals surface area (Å²) < 4.78 is 20.1. The molecule has 1 amide bonds. The first-order valence-electron chi connectivity index (χ1n) is 7.71. The average molecular weight is 363 g/mol. The third kappa shape index (κ3) is 4.31. The lowest BCUT2D eigenvalue weighted by atomic mass is 10.2. The molecule has 8 nitrogen and oxygen atoms in total. The number of nitrogens with zero attached hydrogens (tertiary/aromatic N) is 3. The van der Waals surface area contributed by atoms with E-state index in [1.165, 1.54) is 25.3 Å². The second-order valence-electron chi connectivity index (χ2n) is 5.48. The fourth-order valence-electron chi connectivity index (χ4n) is 2.33. The maximum absolute atomic E-state index is 14.1. The Bertz CT molecular complexity index is 881. The number of hydrogen-bond donors (Lipinski definition) is 1. The van der Waals surface area contributed by atoms with Crippen molar-refractivity contribution in [2.45, 2.75) is 6.92 Å². The molecule has 0 atom stereocenters. The van der Waals surface area contributed by atoms with E-state index in [1.54, 1.807) is 13.0 Å². The average Bonchev–Trinajstić information content (AvgIpc) is 2.59. The summed E-state index contributed by atoms with van der Waals surface area (Å²) in [5.41, 5.74) is -0.761. The first-order valence-corrected chi connectivity index (χ1v) is 7.71. The van der Waals surface area contributed by atoms with Crippen molar-refractivity contribution < 1.29 is 23.8 Å². The molecular weight excluding hydrogens is 345 g/mol. The Kier molecular flexibility index (Phi) is 6.18. The van der Waals surface area contributed by atoms with E-state index in [-0.39, 0.29) is 18.8 Å². The fraction of sp³-hybridized carbons (Fsp3) is 0.294. The number of aryl methyl sites for hydroxylation is 1. The normalized spacial score (nSPS) is 10.6. The topological polar surface area (TPSA) is 102 Å². The molecule has 9 heteroatoms. The van der Waals surface area contributed by atoms with Crippen LogP contribution in [0.2, 0.25) is 0 Å². The predicted molar refractivity (Wildman–Crippen MR) is 89.9 cm³/mol.